The van der Waals surface area contributed by atoms with Gasteiger partial charge in [-0.1, -0.05) is 6.92 Å². The van der Waals surface area contributed by atoms with E-state index in [0.29, 0.717) is 5.92 Å². The average molecular weight is 291 g/mol. The molecule has 1 aromatic rings. The first kappa shape index (κ1) is 16.4. The summed E-state index contributed by atoms with van der Waals surface area (Å²) >= 11 is 0. The Morgan fingerprint density at radius 1 is 1.29 bits per heavy atom. The van der Waals surface area contributed by atoms with Crippen LogP contribution in [0.5, 0.6) is 0 Å². The predicted octanol–water partition coefficient (Wildman–Crippen LogP) is 3.34. The Hall–Kier alpha value is -1.00. The van der Waals surface area contributed by atoms with Crippen molar-refractivity contribution in [1.29, 1.82) is 0 Å². The molecule has 4 heteroatoms. The minimum Gasteiger partial charge on any atom is -0.369 e. The summed E-state index contributed by atoms with van der Waals surface area (Å²) < 4.78 is 6.29. The van der Waals surface area contributed by atoms with Gasteiger partial charge in [-0.05, 0) is 66.1 Å². The number of nitrogens with one attached hydrogen (secondary N) is 1. The quantitative estimate of drug-likeness (QED) is 0.924. The number of hydrogen-bond acceptors (Lipinski definition) is 4. The molecule has 1 aromatic heterocycles. The van der Waals surface area contributed by atoms with Gasteiger partial charge in [-0.2, -0.15) is 10.2 Å². The van der Waals surface area contributed by atoms with Crippen LogP contribution in [0, 0.1) is 19.8 Å². The van der Waals surface area contributed by atoms with Crippen molar-refractivity contribution in [2.24, 2.45) is 5.92 Å². The maximum absolute atomic E-state index is 6.29. The van der Waals surface area contributed by atoms with Crippen molar-refractivity contribution in [2.45, 2.75) is 72.1 Å². The van der Waals surface area contributed by atoms with Gasteiger partial charge in [0.25, 0.3) is 0 Å². The van der Waals surface area contributed by atoms with Crippen LogP contribution in [-0.4, -0.2) is 27.9 Å². The van der Waals surface area contributed by atoms with Gasteiger partial charge < -0.3 is 10.1 Å². The van der Waals surface area contributed by atoms with Crippen molar-refractivity contribution in [3.05, 3.63) is 23.0 Å². The molecule has 0 amide bonds. The number of nitrogens with zero attached hydrogens (tertiary/aromatic N) is 2. The molecular formula is C17H29N3O. The molecule has 0 radical (unpaired) electrons. The van der Waals surface area contributed by atoms with E-state index >= 15 is 0 Å². The molecule has 1 aliphatic heterocycles. The van der Waals surface area contributed by atoms with Gasteiger partial charge in [0.15, 0.2) is 0 Å². The van der Waals surface area contributed by atoms with E-state index in [4.69, 9.17) is 4.74 Å². The first-order valence-corrected chi connectivity index (χ1v) is 7.90. The smallest absolute Gasteiger partial charge is 0.0681 e. The third-order valence-corrected chi connectivity index (χ3v) is 4.45. The van der Waals surface area contributed by atoms with Crippen LogP contribution in [0.25, 0.3) is 0 Å². The molecule has 2 rings (SSSR count). The van der Waals surface area contributed by atoms with E-state index in [2.05, 4.69) is 56.2 Å². The van der Waals surface area contributed by atoms with Crippen LogP contribution in [0.1, 0.15) is 64.0 Å². The molecule has 1 fully saturated rings. The van der Waals surface area contributed by atoms with Crippen LogP contribution in [0.2, 0.25) is 0 Å². The molecule has 0 aliphatic carbocycles. The zero-order valence-corrected chi connectivity index (χ0v) is 14.4. The normalized spacial score (nSPS) is 25.0. The Balaban J connectivity index is 2.42. The van der Waals surface area contributed by atoms with Crippen molar-refractivity contribution in [3.8, 4) is 0 Å². The Labute approximate surface area is 128 Å². The Kier molecular flexibility index (Phi) is 4.41. The number of aromatic nitrogens is 2. The van der Waals surface area contributed by atoms with E-state index in [1.807, 2.05) is 13.8 Å². The maximum atomic E-state index is 6.29. The van der Waals surface area contributed by atoms with Crippen molar-refractivity contribution < 1.29 is 4.74 Å². The topological polar surface area (TPSA) is 47.0 Å². The second-order valence-electron chi connectivity index (χ2n) is 7.34. The summed E-state index contributed by atoms with van der Waals surface area (Å²) in [4.78, 5) is 0. The maximum Gasteiger partial charge on any atom is 0.0681 e. The lowest BCUT2D eigenvalue weighted by molar-refractivity contribution is -0.0778. The zero-order chi connectivity index (χ0) is 15.8. The first-order chi connectivity index (χ1) is 9.66. The van der Waals surface area contributed by atoms with Crippen LogP contribution in [0.15, 0.2) is 6.07 Å². The third-order valence-electron chi connectivity index (χ3n) is 4.45. The highest BCUT2D eigenvalue weighted by atomic mass is 16.5. The van der Waals surface area contributed by atoms with Gasteiger partial charge in [0.05, 0.1) is 22.6 Å². The number of ether oxygens (including phenoxy) is 1. The van der Waals surface area contributed by atoms with E-state index in [1.165, 1.54) is 5.56 Å². The Bertz CT molecular complexity index is 511. The molecular weight excluding hydrogens is 262 g/mol. The molecule has 0 spiro atoms. The number of rotatable bonds is 4. The highest BCUT2D eigenvalue weighted by Crippen LogP contribution is 2.47. The number of hydrogen-bond donors (Lipinski definition) is 1. The summed E-state index contributed by atoms with van der Waals surface area (Å²) in [5.74, 6) is 0.412. The number of aryl methyl sites for hydroxylation is 2. The van der Waals surface area contributed by atoms with E-state index in [0.717, 1.165) is 24.4 Å². The van der Waals surface area contributed by atoms with Gasteiger partial charge in [-0.25, -0.2) is 0 Å². The fraction of sp³-hybridized carbons (Fsp3) is 0.765. The summed E-state index contributed by atoms with van der Waals surface area (Å²) in [6.45, 7) is 15.9. The summed E-state index contributed by atoms with van der Waals surface area (Å²) in [6.07, 6.45) is 1.04. The standard InChI is InChI=1S/C17H29N3O/c1-8-18-15(13-9-11(2)19-20-12(13)3)14-10-16(4,5)21-17(14,6)7/h9,14-15,18H,8,10H2,1-7H3. The van der Waals surface area contributed by atoms with Crippen molar-refractivity contribution in [2.75, 3.05) is 6.54 Å². The van der Waals surface area contributed by atoms with Gasteiger partial charge in [0.2, 0.25) is 0 Å². The molecule has 0 saturated carbocycles. The lowest BCUT2D eigenvalue weighted by Gasteiger charge is -2.34. The van der Waals surface area contributed by atoms with Crippen LogP contribution in [0.3, 0.4) is 0 Å². The third kappa shape index (κ3) is 3.43. The van der Waals surface area contributed by atoms with Crippen molar-refractivity contribution in [1.82, 2.24) is 15.5 Å². The fourth-order valence-corrected chi connectivity index (χ4v) is 3.70. The first-order valence-electron chi connectivity index (χ1n) is 7.90. The molecule has 2 atom stereocenters. The van der Waals surface area contributed by atoms with Gasteiger partial charge in [-0.3, -0.25) is 0 Å². The van der Waals surface area contributed by atoms with E-state index < -0.39 is 0 Å². The second-order valence-corrected chi connectivity index (χ2v) is 7.34. The van der Waals surface area contributed by atoms with E-state index in [9.17, 15) is 0 Å². The molecule has 118 valence electrons. The van der Waals surface area contributed by atoms with E-state index in [1.54, 1.807) is 0 Å². The fourth-order valence-electron chi connectivity index (χ4n) is 3.70. The molecule has 1 saturated heterocycles. The monoisotopic (exact) mass is 291 g/mol. The second kappa shape index (κ2) is 5.65. The minimum atomic E-state index is -0.153. The minimum absolute atomic E-state index is 0.0781. The highest BCUT2D eigenvalue weighted by Gasteiger charge is 2.49. The van der Waals surface area contributed by atoms with Crippen LogP contribution in [-0.2, 0) is 4.74 Å². The molecule has 2 heterocycles. The molecule has 1 N–H and O–H groups in total. The van der Waals surface area contributed by atoms with Gasteiger partial charge >= 0.3 is 0 Å². The summed E-state index contributed by atoms with van der Waals surface area (Å²) in [5.41, 5.74) is 3.00. The van der Waals surface area contributed by atoms with Gasteiger partial charge in [-0.15, -0.1) is 0 Å². The lowest BCUT2D eigenvalue weighted by atomic mass is 9.78. The average Bonchev–Trinajstić information content (AvgIpc) is 2.57. The van der Waals surface area contributed by atoms with Gasteiger partial charge in [0.1, 0.15) is 0 Å². The highest BCUT2D eigenvalue weighted by molar-refractivity contribution is 5.26. The van der Waals surface area contributed by atoms with Crippen LogP contribution in [0.4, 0.5) is 0 Å². The molecule has 4 nitrogen and oxygen atoms in total. The van der Waals surface area contributed by atoms with Crippen molar-refractivity contribution in [3.63, 3.8) is 0 Å². The van der Waals surface area contributed by atoms with E-state index in [-0.39, 0.29) is 17.2 Å². The molecule has 21 heavy (non-hydrogen) atoms. The van der Waals surface area contributed by atoms with Crippen LogP contribution >= 0.6 is 0 Å². The molecule has 0 aromatic carbocycles. The largest absolute Gasteiger partial charge is 0.369 e. The van der Waals surface area contributed by atoms with Crippen LogP contribution < -0.4 is 5.32 Å². The SMILES string of the molecule is CCNC(c1cc(C)nnc1C)C1CC(C)(C)OC1(C)C. The van der Waals surface area contributed by atoms with Crippen molar-refractivity contribution >= 4 is 0 Å². The molecule has 0 bridgehead atoms. The predicted molar refractivity (Wildman–Crippen MR) is 85.3 cm³/mol. The molecule has 2 unspecified atom stereocenters. The van der Waals surface area contributed by atoms with Gasteiger partial charge in [0, 0.05) is 12.0 Å². The summed E-state index contributed by atoms with van der Waals surface area (Å²) in [5, 5.41) is 12.1. The molecule has 1 aliphatic rings. The summed E-state index contributed by atoms with van der Waals surface area (Å²) in [6, 6.07) is 2.41. The zero-order valence-electron chi connectivity index (χ0n) is 14.4. The Morgan fingerprint density at radius 3 is 2.48 bits per heavy atom. The lowest BCUT2D eigenvalue weighted by Crippen LogP contribution is -2.39. The Morgan fingerprint density at radius 2 is 1.95 bits per heavy atom. The summed E-state index contributed by atoms with van der Waals surface area (Å²) in [7, 11) is 0.